The van der Waals surface area contributed by atoms with Crippen LogP contribution in [0.5, 0.6) is 5.75 Å². The van der Waals surface area contributed by atoms with E-state index in [0.29, 0.717) is 5.75 Å². The van der Waals surface area contributed by atoms with E-state index < -0.39 is 0 Å². The summed E-state index contributed by atoms with van der Waals surface area (Å²) in [4.78, 5) is 12.3. The molecule has 3 heteroatoms. The highest BCUT2D eigenvalue weighted by atomic mass is 16.5. The number of carbonyl (C=O) groups excluding carboxylic acids is 1. The lowest BCUT2D eigenvalue weighted by atomic mass is 10.0. The number of ether oxygens (including phenoxy) is 1. The van der Waals surface area contributed by atoms with Gasteiger partial charge in [0.15, 0.2) is 6.61 Å². The molecule has 0 saturated carbocycles. The normalized spacial score (nSPS) is 10.3. The van der Waals surface area contributed by atoms with E-state index in [9.17, 15) is 4.79 Å². The van der Waals surface area contributed by atoms with Crippen LogP contribution in [-0.2, 0) is 11.2 Å². The predicted octanol–water partition coefficient (Wildman–Crippen LogP) is 4.93. The molecule has 1 N–H and O–H groups in total. The quantitative estimate of drug-likeness (QED) is 0.695. The largest absolute Gasteiger partial charge is 0.484 e. The summed E-state index contributed by atoms with van der Waals surface area (Å²) >= 11 is 0. The number of para-hydroxylation sites is 1. The number of amides is 1. The van der Waals surface area contributed by atoms with E-state index in [1.54, 1.807) is 0 Å². The third kappa shape index (κ3) is 4.48. The summed E-state index contributed by atoms with van der Waals surface area (Å²) < 4.78 is 5.57. The molecule has 25 heavy (non-hydrogen) atoms. The van der Waals surface area contributed by atoms with Gasteiger partial charge < -0.3 is 10.1 Å². The fraction of sp³-hybridized carbons (Fsp3) is 0.136. The van der Waals surface area contributed by atoms with Crippen LogP contribution in [0, 0.1) is 0 Å². The summed E-state index contributed by atoms with van der Waals surface area (Å²) in [6.07, 6.45) is 0.983. The maximum Gasteiger partial charge on any atom is 0.262 e. The van der Waals surface area contributed by atoms with Crippen LogP contribution < -0.4 is 10.1 Å². The first-order valence-corrected chi connectivity index (χ1v) is 8.42. The second-order valence-electron chi connectivity index (χ2n) is 5.75. The number of hydrogen-bond acceptors (Lipinski definition) is 2. The highest BCUT2D eigenvalue weighted by Crippen LogP contribution is 2.27. The molecule has 3 nitrogen and oxygen atoms in total. The Hall–Kier alpha value is -3.07. The first-order valence-electron chi connectivity index (χ1n) is 8.42. The van der Waals surface area contributed by atoms with Crippen LogP contribution in [0.1, 0.15) is 12.5 Å². The van der Waals surface area contributed by atoms with Gasteiger partial charge in [0, 0.05) is 11.3 Å². The molecule has 0 fully saturated rings. The van der Waals surface area contributed by atoms with Gasteiger partial charge in [-0.05, 0) is 35.7 Å². The maximum atomic E-state index is 12.3. The molecule has 0 unspecified atom stereocenters. The fourth-order valence-corrected chi connectivity index (χ4v) is 2.62. The van der Waals surface area contributed by atoms with Gasteiger partial charge in [-0.25, -0.2) is 0 Å². The van der Waals surface area contributed by atoms with Crippen LogP contribution in [0.2, 0.25) is 0 Å². The second kappa shape index (κ2) is 8.15. The highest BCUT2D eigenvalue weighted by molar-refractivity contribution is 5.96. The van der Waals surface area contributed by atoms with E-state index in [1.165, 1.54) is 5.56 Å². The van der Waals surface area contributed by atoms with Crippen molar-refractivity contribution in [2.75, 3.05) is 11.9 Å². The van der Waals surface area contributed by atoms with Crippen LogP contribution in [-0.4, -0.2) is 12.5 Å². The molecular weight excluding hydrogens is 310 g/mol. The van der Waals surface area contributed by atoms with E-state index in [4.69, 9.17) is 4.74 Å². The summed E-state index contributed by atoms with van der Waals surface area (Å²) in [6, 6.07) is 25.6. The Bertz CT molecular complexity index is 826. The summed E-state index contributed by atoms with van der Waals surface area (Å²) in [5, 5.41) is 2.94. The van der Waals surface area contributed by atoms with Crippen molar-refractivity contribution in [1.29, 1.82) is 0 Å². The van der Waals surface area contributed by atoms with Crippen molar-refractivity contribution in [3.05, 3.63) is 84.4 Å². The van der Waals surface area contributed by atoms with Crippen LogP contribution in [0.4, 0.5) is 5.69 Å². The van der Waals surface area contributed by atoms with Crippen LogP contribution in [0.25, 0.3) is 11.1 Å². The molecule has 126 valence electrons. The van der Waals surface area contributed by atoms with E-state index in [0.717, 1.165) is 23.2 Å². The molecule has 0 aliphatic heterocycles. The monoisotopic (exact) mass is 331 g/mol. The number of aryl methyl sites for hydroxylation is 1. The fourth-order valence-electron chi connectivity index (χ4n) is 2.62. The Labute approximate surface area is 148 Å². The molecule has 0 heterocycles. The standard InChI is InChI=1S/C22H21NO2/c1-2-17-12-14-19(15-13-17)25-16-22(24)23-21-11-7-6-10-20(21)18-8-4-3-5-9-18/h3-15H,2,16H2,1H3,(H,23,24). The lowest BCUT2D eigenvalue weighted by molar-refractivity contribution is -0.118. The average Bonchev–Trinajstić information content (AvgIpc) is 2.68. The average molecular weight is 331 g/mol. The molecule has 0 aliphatic carbocycles. The molecule has 0 spiro atoms. The van der Waals surface area contributed by atoms with Crippen molar-refractivity contribution in [2.45, 2.75) is 13.3 Å². The molecular formula is C22H21NO2. The topological polar surface area (TPSA) is 38.3 Å². The van der Waals surface area contributed by atoms with Crippen molar-refractivity contribution >= 4 is 11.6 Å². The first-order chi connectivity index (χ1) is 12.3. The van der Waals surface area contributed by atoms with Crippen molar-refractivity contribution in [3.63, 3.8) is 0 Å². The van der Waals surface area contributed by atoms with Crippen molar-refractivity contribution in [2.24, 2.45) is 0 Å². The van der Waals surface area contributed by atoms with Gasteiger partial charge in [0.25, 0.3) is 5.91 Å². The number of nitrogens with one attached hydrogen (secondary N) is 1. The minimum Gasteiger partial charge on any atom is -0.484 e. The number of hydrogen-bond donors (Lipinski definition) is 1. The van der Waals surface area contributed by atoms with Gasteiger partial charge in [-0.15, -0.1) is 0 Å². The Balaban J connectivity index is 1.65. The van der Waals surface area contributed by atoms with E-state index in [-0.39, 0.29) is 12.5 Å². The maximum absolute atomic E-state index is 12.3. The summed E-state index contributed by atoms with van der Waals surface area (Å²) in [7, 11) is 0. The zero-order chi connectivity index (χ0) is 17.5. The Morgan fingerprint density at radius 1 is 0.880 bits per heavy atom. The van der Waals surface area contributed by atoms with Gasteiger partial charge in [0.05, 0.1) is 0 Å². The Morgan fingerprint density at radius 2 is 1.56 bits per heavy atom. The molecule has 0 bridgehead atoms. The number of carbonyl (C=O) groups is 1. The summed E-state index contributed by atoms with van der Waals surface area (Å²) in [6.45, 7) is 2.09. The number of benzene rings is 3. The van der Waals surface area contributed by atoms with Gasteiger partial charge in [0.2, 0.25) is 0 Å². The number of rotatable bonds is 6. The van der Waals surface area contributed by atoms with Crippen molar-refractivity contribution in [3.8, 4) is 16.9 Å². The van der Waals surface area contributed by atoms with Crippen LogP contribution in [0.15, 0.2) is 78.9 Å². The molecule has 0 aromatic heterocycles. The lowest BCUT2D eigenvalue weighted by Crippen LogP contribution is -2.20. The van der Waals surface area contributed by atoms with Gasteiger partial charge in [0.1, 0.15) is 5.75 Å². The molecule has 1 amide bonds. The zero-order valence-electron chi connectivity index (χ0n) is 14.2. The van der Waals surface area contributed by atoms with Crippen LogP contribution >= 0.6 is 0 Å². The van der Waals surface area contributed by atoms with E-state index in [2.05, 4.69) is 12.2 Å². The SMILES string of the molecule is CCc1ccc(OCC(=O)Nc2ccccc2-c2ccccc2)cc1. The minimum absolute atomic E-state index is 0.0193. The Kier molecular flexibility index (Phi) is 5.47. The molecule has 0 saturated heterocycles. The molecule has 3 aromatic carbocycles. The summed E-state index contributed by atoms with van der Waals surface area (Å²) in [5.74, 6) is 0.520. The van der Waals surface area contributed by atoms with Crippen molar-refractivity contribution in [1.82, 2.24) is 0 Å². The molecule has 0 atom stereocenters. The van der Waals surface area contributed by atoms with Crippen molar-refractivity contribution < 1.29 is 9.53 Å². The van der Waals surface area contributed by atoms with Gasteiger partial charge in [-0.1, -0.05) is 67.6 Å². The molecule has 3 rings (SSSR count). The molecule has 0 radical (unpaired) electrons. The van der Waals surface area contributed by atoms with Crippen LogP contribution in [0.3, 0.4) is 0 Å². The first kappa shape index (κ1) is 16.8. The van der Waals surface area contributed by atoms with Gasteiger partial charge in [-0.2, -0.15) is 0 Å². The van der Waals surface area contributed by atoms with Gasteiger partial charge in [-0.3, -0.25) is 4.79 Å². The lowest BCUT2D eigenvalue weighted by Gasteiger charge is -2.12. The number of anilines is 1. The summed E-state index contributed by atoms with van der Waals surface area (Å²) in [5.41, 5.74) is 4.08. The minimum atomic E-state index is -0.178. The van der Waals surface area contributed by atoms with E-state index >= 15 is 0 Å². The highest BCUT2D eigenvalue weighted by Gasteiger charge is 2.08. The van der Waals surface area contributed by atoms with E-state index in [1.807, 2.05) is 78.9 Å². The zero-order valence-corrected chi connectivity index (χ0v) is 14.2. The second-order valence-corrected chi connectivity index (χ2v) is 5.75. The third-order valence-electron chi connectivity index (χ3n) is 3.99. The molecule has 3 aromatic rings. The van der Waals surface area contributed by atoms with Gasteiger partial charge >= 0.3 is 0 Å². The Morgan fingerprint density at radius 3 is 2.28 bits per heavy atom. The smallest absolute Gasteiger partial charge is 0.262 e. The third-order valence-corrected chi connectivity index (χ3v) is 3.99. The predicted molar refractivity (Wildman–Crippen MR) is 102 cm³/mol. The molecule has 0 aliphatic rings.